The molecule has 0 aromatic heterocycles. The molecule has 0 heterocycles. The zero-order valence-corrected chi connectivity index (χ0v) is 21.5. The topological polar surface area (TPSA) is 114 Å². The number of fused-ring (bicyclic) bond motifs is 1. The Morgan fingerprint density at radius 3 is 2.14 bits per heavy atom. The molecule has 1 unspecified atom stereocenters. The fraction of sp³-hybridized carbons (Fsp3) is 0.182. The molecule has 0 bridgehead atoms. The molecular formula is C22H16ClF4NO6S3. The molecule has 1 N–H and O–H groups in total. The minimum Gasteiger partial charge on any atom is -0.218 e. The van der Waals surface area contributed by atoms with E-state index in [1.807, 2.05) is 0 Å². The highest BCUT2D eigenvalue weighted by atomic mass is 35.5. The monoisotopic (exact) mass is 597 g/mol. The van der Waals surface area contributed by atoms with Gasteiger partial charge in [-0.1, -0.05) is 29.8 Å². The quantitative estimate of drug-likeness (QED) is 0.416. The van der Waals surface area contributed by atoms with Gasteiger partial charge < -0.3 is 0 Å². The van der Waals surface area contributed by atoms with Crippen LogP contribution in [0.25, 0.3) is 0 Å². The van der Waals surface area contributed by atoms with E-state index in [0.29, 0.717) is 0 Å². The van der Waals surface area contributed by atoms with Gasteiger partial charge in [-0.2, -0.15) is 17.9 Å². The normalized spacial score (nSPS) is 16.5. The summed E-state index contributed by atoms with van der Waals surface area (Å²) >= 11 is 5.93. The Labute approximate surface area is 215 Å². The Kier molecular flexibility index (Phi) is 6.95. The Bertz CT molecular complexity index is 1720. The van der Waals surface area contributed by atoms with Crippen LogP contribution >= 0.6 is 11.6 Å². The minimum atomic E-state index is -5.64. The molecule has 0 aliphatic heterocycles. The number of sulfonamides is 1. The number of alkyl halides is 3. The molecule has 15 heteroatoms. The highest BCUT2D eigenvalue weighted by molar-refractivity contribution is 7.94. The second kappa shape index (κ2) is 9.34. The van der Waals surface area contributed by atoms with Crippen LogP contribution < -0.4 is 4.72 Å². The maximum Gasteiger partial charge on any atom is 0.511 e. The SMILES string of the molecule is O=S(=O)(c1ccc2c(c1)CCC2NS(=O)(=O)C(F)(F)F)c1ccc(Cl)cc1S(=O)(=O)c1ccccc1F. The number of nitrogens with one attached hydrogen (secondary N) is 1. The molecule has 3 aromatic carbocycles. The van der Waals surface area contributed by atoms with Gasteiger partial charge in [-0.15, -0.1) is 0 Å². The Balaban J connectivity index is 1.78. The number of halogens is 5. The third-order valence-electron chi connectivity index (χ3n) is 5.72. The minimum absolute atomic E-state index is 0.0536. The maximum absolute atomic E-state index is 14.3. The number of hydrogen-bond donors (Lipinski definition) is 1. The van der Waals surface area contributed by atoms with Gasteiger partial charge in [0.1, 0.15) is 10.7 Å². The Morgan fingerprint density at radius 2 is 1.49 bits per heavy atom. The molecule has 198 valence electrons. The predicted octanol–water partition coefficient (Wildman–Crippen LogP) is 4.57. The number of hydrogen-bond acceptors (Lipinski definition) is 6. The van der Waals surface area contributed by atoms with Crippen molar-refractivity contribution in [2.75, 3.05) is 0 Å². The summed E-state index contributed by atoms with van der Waals surface area (Å²) in [6.45, 7) is 0. The van der Waals surface area contributed by atoms with E-state index in [0.717, 1.165) is 42.5 Å². The first-order chi connectivity index (χ1) is 17.1. The molecule has 0 saturated heterocycles. The van der Waals surface area contributed by atoms with Crippen LogP contribution in [0.3, 0.4) is 0 Å². The van der Waals surface area contributed by atoms with Crippen LogP contribution in [0, 0.1) is 5.82 Å². The summed E-state index contributed by atoms with van der Waals surface area (Å²) in [7, 11) is -14.9. The van der Waals surface area contributed by atoms with E-state index < -0.39 is 66.6 Å². The van der Waals surface area contributed by atoms with E-state index in [2.05, 4.69) is 0 Å². The van der Waals surface area contributed by atoms with Crippen molar-refractivity contribution in [3.63, 3.8) is 0 Å². The van der Waals surface area contributed by atoms with Crippen molar-refractivity contribution in [2.24, 2.45) is 0 Å². The van der Waals surface area contributed by atoms with Crippen LogP contribution in [0.15, 0.2) is 80.2 Å². The van der Waals surface area contributed by atoms with E-state index >= 15 is 0 Å². The van der Waals surface area contributed by atoms with Crippen molar-refractivity contribution in [1.82, 2.24) is 4.72 Å². The second-order valence-electron chi connectivity index (χ2n) is 8.05. The molecule has 37 heavy (non-hydrogen) atoms. The molecule has 0 saturated carbocycles. The summed E-state index contributed by atoms with van der Waals surface area (Å²) in [6.07, 6.45) is 0.00669. The summed E-state index contributed by atoms with van der Waals surface area (Å²) < 4.78 is 131. The van der Waals surface area contributed by atoms with Crippen LogP contribution in [0.2, 0.25) is 5.02 Å². The molecule has 7 nitrogen and oxygen atoms in total. The zero-order valence-electron chi connectivity index (χ0n) is 18.3. The fourth-order valence-corrected chi connectivity index (χ4v) is 8.41. The lowest BCUT2D eigenvalue weighted by Gasteiger charge is -2.16. The lowest BCUT2D eigenvalue weighted by atomic mass is 10.1. The predicted molar refractivity (Wildman–Crippen MR) is 124 cm³/mol. The van der Waals surface area contributed by atoms with Crippen molar-refractivity contribution >= 4 is 41.3 Å². The fourth-order valence-electron chi connectivity index (χ4n) is 3.96. The van der Waals surface area contributed by atoms with Crippen molar-refractivity contribution in [3.05, 3.63) is 82.6 Å². The first kappa shape index (κ1) is 27.5. The van der Waals surface area contributed by atoms with E-state index in [1.54, 1.807) is 4.72 Å². The lowest BCUT2D eigenvalue weighted by molar-refractivity contribution is -0.0451. The number of sulfone groups is 2. The van der Waals surface area contributed by atoms with Gasteiger partial charge in [0.2, 0.25) is 19.7 Å². The number of rotatable bonds is 6. The molecule has 0 spiro atoms. The summed E-state index contributed by atoms with van der Waals surface area (Å²) in [6, 6.07) is 9.48. The van der Waals surface area contributed by atoms with E-state index in [9.17, 15) is 42.8 Å². The molecule has 4 rings (SSSR count). The van der Waals surface area contributed by atoms with Gasteiger partial charge in [0.15, 0.2) is 0 Å². The Hall–Kier alpha value is -2.52. The summed E-state index contributed by atoms with van der Waals surface area (Å²) in [4.78, 5) is -2.60. The van der Waals surface area contributed by atoms with Crippen molar-refractivity contribution in [2.45, 2.75) is 44.0 Å². The summed E-state index contributed by atoms with van der Waals surface area (Å²) in [5, 5.41) is -0.123. The van der Waals surface area contributed by atoms with Gasteiger partial charge in [-0.25, -0.2) is 29.6 Å². The maximum atomic E-state index is 14.3. The van der Waals surface area contributed by atoms with Gasteiger partial charge in [-0.05, 0) is 66.4 Å². The van der Waals surface area contributed by atoms with Crippen LogP contribution in [0.5, 0.6) is 0 Å². The third kappa shape index (κ3) is 5.00. The molecule has 3 aromatic rings. The average Bonchev–Trinajstić information content (AvgIpc) is 3.19. The highest BCUT2D eigenvalue weighted by Crippen LogP contribution is 2.38. The molecule has 1 aliphatic carbocycles. The lowest BCUT2D eigenvalue weighted by Crippen LogP contribution is -2.38. The standard InChI is InChI=1S/C22H16ClF4NO6S3/c23-14-6-10-20(21(12-14)36(31,32)19-4-2-1-3-17(19)24)35(29,30)15-7-8-16-13(11-15)5-9-18(16)28-37(33,34)22(25,26)27/h1-4,6-8,10-12,18,28H,5,9H2. The first-order valence-electron chi connectivity index (χ1n) is 10.3. The molecular weight excluding hydrogens is 582 g/mol. The molecule has 0 fully saturated rings. The van der Waals surface area contributed by atoms with Gasteiger partial charge in [0.05, 0.1) is 14.7 Å². The molecule has 0 amide bonds. The second-order valence-corrected chi connectivity index (χ2v) is 14.0. The van der Waals surface area contributed by atoms with E-state index in [-0.39, 0.29) is 29.0 Å². The van der Waals surface area contributed by atoms with Gasteiger partial charge in [-0.3, -0.25) is 0 Å². The van der Waals surface area contributed by atoms with E-state index in [4.69, 9.17) is 11.6 Å². The van der Waals surface area contributed by atoms with Crippen molar-refractivity contribution < 1.29 is 42.8 Å². The van der Waals surface area contributed by atoms with Crippen LogP contribution in [-0.2, 0) is 36.1 Å². The zero-order chi connectivity index (χ0) is 27.4. The van der Waals surface area contributed by atoms with E-state index in [1.165, 1.54) is 18.2 Å². The Morgan fingerprint density at radius 1 is 0.811 bits per heavy atom. The van der Waals surface area contributed by atoms with Gasteiger partial charge in [0.25, 0.3) is 0 Å². The summed E-state index contributed by atoms with van der Waals surface area (Å²) in [5.74, 6) is -1.10. The van der Waals surface area contributed by atoms with Crippen molar-refractivity contribution in [3.8, 4) is 0 Å². The van der Waals surface area contributed by atoms with Gasteiger partial charge >= 0.3 is 15.5 Å². The molecule has 1 atom stereocenters. The van der Waals surface area contributed by atoms with Crippen molar-refractivity contribution in [1.29, 1.82) is 0 Å². The first-order valence-corrected chi connectivity index (χ1v) is 15.1. The molecule has 1 aliphatic rings. The largest absolute Gasteiger partial charge is 0.511 e. The van der Waals surface area contributed by atoms with Crippen LogP contribution in [0.4, 0.5) is 17.6 Å². The third-order valence-corrected chi connectivity index (χ3v) is 10.9. The molecule has 0 radical (unpaired) electrons. The summed E-state index contributed by atoms with van der Waals surface area (Å²) in [5.41, 5.74) is -5.10. The highest BCUT2D eigenvalue weighted by Gasteiger charge is 2.47. The average molecular weight is 598 g/mol. The van der Waals surface area contributed by atoms with Crippen LogP contribution in [0.1, 0.15) is 23.6 Å². The van der Waals surface area contributed by atoms with Crippen LogP contribution in [-0.4, -0.2) is 30.8 Å². The smallest absolute Gasteiger partial charge is 0.218 e. The van der Waals surface area contributed by atoms with Gasteiger partial charge in [0, 0.05) is 11.1 Å². The number of aryl methyl sites for hydroxylation is 1. The number of benzene rings is 3.